The van der Waals surface area contributed by atoms with Gasteiger partial charge >= 0.3 is 5.97 Å². The van der Waals surface area contributed by atoms with Crippen molar-refractivity contribution < 1.29 is 14.7 Å². The highest BCUT2D eigenvalue weighted by atomic mass is 16.4. The molecule has 0 saturated carbocycles. The zero-order valence-electron chi connectivity index (χ0n) is 10.2. The van der Waals surface area contributed by atoms with Crippen LogP contribution in [0.15, 0.2) is 18.5 Å². The molecule has 1 heterocycles. The first-order valence-electron chi connectivity index (χ1n) is 5.26. The van der Waals surface area contributed by atoms with Gasteiger partial charge in [-0.25, -0.2) is 0 Å². The second-order valence-corrected chi connectivity index (χ2v) is 4.66. The van der Waals surface area contributed by atoms with E-state index in [9.17, 15) is 9.59 Å². The number of amides is 1. The summed E-state index contributed by atoms with van der Waals surface area (Å²) in [5.41, 5.74) is 0.532. The number of aliphatic carboxylic acids is 1. The maximum atomic E-state index is 11.8. The highest BCUT2D eigenvalue weighted by Gasteiger charge is 2.24. The number of nitrogens with one attached hydrogen (secondary N) is 1. The molecule has 1 amide bonds. The van der Waals surface area contributed by atoms with Crippen molar-refractivity contribution in [1.29, 1.82) is 0 Å². The molecule has 5 nitrogen and oxygen atoms in total. The van der Waals surface area contributed by atoms with E-state index in [1.54, 1.807) is 26.1 Å². The minimum absolute atomic E-state index is 0.127. The van der Waals surface area contributed by atoms with Gasteiger partial charge in [-0.1, -0.05) is 0 Å². The lowest BCUT2D eigenvalue weighted by Gasteiger charge is -2.24. The van der Waals surface area contributed by atoms with E-state index in [0.717, 1.165) is 5.56 Å². The molecule has 5 heteroatoms. The second kappa shape index (κ2) is 4.95. The maximum Gasteiger partial charge on any atom is 0.305 e. The number of aryl methyl sites for hydroxylation is 1. The molecule has 0 fully saturated rings. The van der Waals surface area contributed by atoms with Gasteiger partial charge < -0.3 is 10.4 Å². The SMILES string of the molecule is Cc1cncc(C(=O)NC(C)(C)CC(=O)O)c1. The maximum absolute atomic E-state index is 11.8. The van der Waals surface area contributed by atoms with Crippen molar-refractivity contribution in [1.82, 2.24) is 10.3 Å². The Balaban J connectivity index is 2.75. The number of nitrogens with zero attached hydrogens (tertiary/aromatic N) is 1. The van der Waals surface area contributed by atoms with Crippen LogP contribution in [0.25, 0.3) is 0 Å². The molecule has 0 radical (unpaired) electrons. The Morgan fingerprint density at radius 2 is 2.06 bits per heavy atom. The number of hydrogen-bond acceptors (Lipinski definition) is 3. The molecular weight excluding hydrogens is 220 g/mol. The van der Waals surface area contributed by atoms with E-state index in [1.165, 1.54) is 6.20 Å². The summed E-state index contributed by atoms with van der Waals surface area (Å²) in [6, 6.07) is 1.71. The molecule has 0 bridgehead atoms. The van der Waals surface area contributed by atoms with Crippen LogP contribution in [0, 0.1) is 6.92 Å². The van der Waals surface area contributed by atoms with Crippen molar-refractivity contribution in [2.45, 2.75) is 32.7 Å². The number of pyridine rings is 1. The first-order chi connectivity index (χ1) is 7.80. The lowest BCUT2D eigenvalue weighted by atomic mass is 10.0. The molecule has 0 spiro atoms. The Morgan fingerprint density at radius 3 is 2.59 bits per heavy atom. The first kappa shape index (κ1) is 13.2. The van der Waals surface area contributed by atoms with E-state index in [-0.39, 0.29) is 12.3 Å². The summed E-state index contributed by atoms with van der Waals surface area (Å²) in [6.07, 6.45) is 2.98. The summed E-state index contributed by atoms with van der Waals surface area (Å²) in [4.78, 5) is 26.4. The largest absolute Gasteiger partial charge is 0.481 e. The molecule has 92 valence electrons. The van der Waals surface area contributed by atoms with Crippen molar-refractivity contribution in [3.63, 3.8) is 0 Å². The first-order valence-corrected chi connectivity index (χ1v) is 5.26. The van der Waals surface area contributed by atoms with Gasteiger partial charge in [-0.2, -0.15) is 0 Å². The Kier molecular flexibility index (Phi) is 3.83. The number of rotatable bonds is 4. The standard InChI is InChI=1S/C12H16N2O3/c1-8-4-9(7-13-6-8)11(17)14-12(2,3)5-10(15)16/h4,6-7H,5H2,1-3H3,(H,14,17)(H,15,16). The Labute approximate surface area is 99.9 Å². The molecule has 0 aliphatic heterocycles. The molecule has 0 aromatic carbocycles. The zero-order valence-corrected chi connectivity index (χ0v) is 10.2. The van der Waals surface area contributed by atoms with E-state index in [0.29, 0.717) is 5.56 Å². The highest BCUT2D eigenvalue weighted by molar-refractivity contribution is 5.94. The number of carboxylic acids is 1. The van der Waals surface area contributed by atoms with Crippen molar-refractivity contribution in [2.75, 3.05) is 0 Å². The summed E-state index contributed by atoms with van der Waals surface area (Å²) < 4.78 is 0. The number of aromatic nitrogens is 1. The molecular formula is C12H16N2O3. The predicted octanol–water partition coefficient (Wildman–Crippen LogP) is 1.37. The fraction of sp³-hybridized carbons (Fsp3) is 0.417. The van der Waals surface area contributed by atoms with Crippen LogP contribution in [0.1, 0.15) is 36.2 Å². The van der Waals surface area contributed by atoms with Crippen LogP contribution < -0.4 is 5.32 Å². The molecule has 17 heavy (non-hydrogen) atoms. The fourth-order valence-corrected chi connectivity index (χ4v) is 1.48. The minimum Gasteiger partial charge on any atom is -0.481 e. The smallest absolute Gasteiger partial charge is 0.305 e. The molecule has 1 rings (SSSR count). The molecule has 0 aliphatic rings. The van der Waals surface area contributed by atoms with Gasteiger partial charge in [-0.3, -0.25) is 14.6 Å². The zero-order chi connectivity index (χ0) is 13.1. The van der Waals surface area contributed by atoms with Crippen LogP contribution in [0.5, 0.6) is 0 Å². The van der Waals surface area contributed by atoms with Crippen LogP contribution in [-0.4, -0.2) is 27.5 Å². The quantitative estimate of drug-likeness (QED) is 0.827. The van der Waals surface area contributed by atoms with E-state index in [4.69, 9.17) is 5.11 Å². The lowest BCUT2D eigenvalue weighted by Crippen LogP contribution is -2.44. The van der Waals surface area contributed by atoms with Crippen LogP contribution in [0.4, 0.5) is 0 Å². The Morgan fingerprint density at radius 1 is 1.41 bits per heavy atom. The molecule has 2 N–H and O–H groups in total. The summed E-state index contributed by atoms with van der Waals surface area (Å²) >= 11 is 0. The summed E-state index contributed by atoms with van der Waals surface area (Å²) in [5.74, 6) is -1.26. The fourth-order valence-electron chi connectivity index (χ4n) is 1.48. The second-order valence-electron chi connectivity index (χ2n) is 4.66. The number of hydrogen-bond donors (Lipinski definition) is 2. The number of carbonyl (C=O) groups excluding carboxylic acids is 1. The minimum atomic E-state index is -0.947. The summed E-state index contributed by atoms with van der Waals surface area (Å²) in [7, 11) is 0. The third kappa shape index (κ3) is 4.22. The van der Waals surface area contributed by atoms with E-state index >= 15 is 0 Å². The topological polar surface area (TPSA) is 79.3 Å². The number of carbonyl (C=O) groups is 2. The predicted molar refractivity (Wildman–Crippen MR) is 62.8 cm³/mol. The van der Waals surface area contributed by atoms with Gasteiger partial charge in [0.25, 0.3) is 5.91 Å². The normalized spacial score (nSPS) is 11.0. The third-order valence-electron chi connectivity index (χ3n) is 2.18. The van der Waals surface area contributed by atoms with E-state index in [1.807, 2.05) is 6.92 Å². The average Bonchev–Trinajstić information content (AvgIpc) is 2.14. The third-order valence-corrected chi connectivity index (χ3v) is 2.18. The highest BCUT2D eigenvalue weighted by Crippen LogP contribution is 2.10. The van der Waals surface area contributed by atoms with Gasteiger partial charge in [-0.15, -0.1) is 0 Å². The van der Waals surface area contributed by atoms with Gasteiger partial charge in [0.1, 0.15) is 0 Å². The molecule has 0 saturated heterocycles. The van der Waals surface area contributed by atoms with Crippen molar-refractivity contribution in [3.8, 4) is 0 Å². The summed E-state index contributed by atoms with van der Waals surface area (Å²) in [5, 5.41) is 11.4. The van der Waals surface area contributed by atoms with Crippen LogP contribution in [0.2, 0.25) is 0 Å². The van der Waals surface area contributed by atoms with Crippen molar-refractivity contribution in [3.05, 3.63) is 29.6 Å². The molecule has 0 atom stereocenters. The van der Waals surface area contributed by atoms with Gasteiger partial charge in [0.15, 0.2) is 0 Å². The van der Waals surface area contributed by atoms with Crippen LogP contribution in [0.3, 0.4) is 0 Å². The molecule has 0 unspecified atom stereocenters. The molecule has 1 aromatic rings. The van der Waals surface area contributed by atoms with Gasteiger partial charge in [0.05, 0.1) is 12.0 Å². The van der Waals surface area contributed by atoms with E-state index < -0.39 is 11.5 Å². The molecule has 0 aliphatic carbocycles. The lowest BCUT2D eigenvalue weighted by molar-refractivity contribution is -0.138. The Bertz CT molecular complexity index is 441. The number of carboxylic acid groups (broad SMARTS) is 1. The van der Waals surface area contributed by atoms with Gasteiger partial charge in [0, 0.05) is 17.9 Å². The van der Waals surface area contributed by atoms with Crippen LogP contribution in [-0.2, 0) is 4.79 Å². The Hall–Kier alpha value is -1.91. The summed E-state index contributed by atoms with van der Waals surface area (Å²) in [6.45, 7) is 5.18. The van der Waals surface area contributed by atoms with Gasteiger partial charge in [0.2, 0.25) is 0 Å². The van der Waals surface area contributed by atoms with Crippen LogP contribution >= 0.6 is 0 Å². The van der Waals surface area contributed by atoms with E-state index in [2.05, 4.69) is 10.3 Å². The van der Waals surface area contributed by atoms with Crippen molar-refractivity contribution in [2.24, 2.45) is 0 Å². The van der Waals surface area contributed by atoms with Gasteiger partial charge in [-0.05, 0) is 32.4 Å². The monoisotopic (exact) mass is 236 g/mol. The average molecular weight is 236 g/mol. The molecule has 1 aromatic heterocycles. The van der Waals surface area contributed by atoms with Crippen molar-refractivity contribution >= 4 is 11.9 Å².